The fraction of sp³-hybridized carbons (Fsp3) is 0.636. The summed E-state index contributed by atoms with van der Waals surface area (Å²) in [5.41, 5.74) is 0. The van der Waals surface area contributed by atoms with E-state index in [9.17, 15) is 4.79 Å². The van der Waals surface area contributed by atoms with E-state index in [0.717, 1.165) is 24.8 Å². The van der Waals surface area contributed by atoms with E-state index in [4.69, 9.17) is 11.6 Å². The second-order valence-corrected chi connectivity index (χ2v) is 5.75. The summed E-state index contributed by atoms with van der Waals surface area (Å²) in [5.74, 6) is -0.425. The lowest BCUT2D eigenvalue weighted by Crippen LogP contribution is -2.50. The zero-order valence-corrected chi connectivity index (χ0v) is 12.2. The summed E-state index contributed by atoms with van der Waals surface area (Å²) in [6, 6.07) is 0.358. The number of nitrogens with zero attached hydrogens (tertiary/aromatic N) is 3. The van der Waals surface area contributed by atoms with Crippen LogP contribution < -0.4 is 4.90 Å². The average Bonchev–Trinajstić information content (AvgIpc) is 2.70. The van der Waals surface area contributed by atoms with E-state index in [1.807, 2.05) is 0 Å². The van der Waals surface area contributed by atoms with Gasteiger partial charge in [-0.25, -0.2) is 9.78 Å². The summed E-state index contributed by atoms with van der Waals surface area (Å²) in [6.07, 6.45) is 0. The number of hydrogen-bond acceptors (Lipinski definition) is 6. The molecule has 7 heteroatoms. The van der Waals surface area contributed by atoms with Gasteiger partial charge in [-0.3, -0.25) is 0 Å². The van der Waals surface area contributed by atoms with Crippen molar-refractivity contribution < 1.29 is 9.53 Å². The van der Waals surface area contributed by atoms with E-state index in [1.54, 1.807) is 0 Å². The van der Waals surface area contributed by atoms with Crippen LogP contribution in [0.3, 0.4) is 0 Å². The number of thiazole rings is 1. The monoisotopic (exact) mass is 289 g/mol. The third kappa shape index (κ3) is 2.60. The molecule has 1 unspecified atom stereocenters. The van der Waals surface area contributed by atoms with Crippen molar-refractivity contribution in [2.24, 2.45) is 0 Å². The molecule has 1 atom stereocenters. The van der Waals surface area contributed by atoms with Crippen molar-refractivity contribution in [1.29, 1.82) is 0 Å². The number of halogens is 1. The van der Waals surface area contributed by atoms with Gasteiger partial charge in [-0.1, -0.05) is 22.9 Å². The minimum atomic E-state index is -0.425. The van der Waals surface area contributed by atoms with Gasteiger partial charge in [0, 0.05) is 25.7 Å². The minimum absolute atomic E-state index is 0.230. The van der Waals surface area contributed by atoms with Crippen LogP contribution in [-0.4, -0.2) is 55.7 Å². The molecule has 18 heavy (non-hydrogen) atoms. The zero-order chi connectivity index (χ0) is 13.3. The molecule has 1 aromatic heterocycles. The van der Waals surface area contributed by atoms with Crippen LogP contribution in [0, 0.1) is 0 Å². The number of likely N-dealkylation sites (N-methyl/N-ethyl adjacent to an activating group) is 1. The Morgan fingerprint density at radius 2 is 2.28 bits per heavy atom. The van der Waals surface area contributed by atoms with Crippen LogP contribution in [0.15, 0.2) is 0 Å². The molecule has 0 bridgehead atoms. The maximum Gasteiger partial charge on any atom is 0.351 e. The number of rotatable bonds is 2. The number of methoxy groups -OCH3 is 1. The number of aromatic nitrogens is 1. The van der Waals surface area contributed by atoms with Gasteiger partial charge in [0.05, 0.1) is 7.11 Å². The predicted molar refractivity (Wildman–Crippen MR) is 72.8 cm³/mol. The Labute approximate surface area is 115 Å². The largest absolute Gasteiger partial charge is 0.465 e. The Balaban J connectivity index is 2.21. The molecule has 0 N–H and O–H groups in total. The predicted octanol–water partition coefficient (Wildman–Crippen LogP) is 1.72. The first-order valence-electron chi connectivity index (χ1n) is 5.72. The SMILES string of the molecule is COC(=O)c1sc(N2CCN(C)CC2C)nc1Cl. The molecule has 1 aromatic rings. The molecule has 1 aliphatic rings. The first kappa shape index (κ1) is 13.6. The summed E-state index contributed by atoms with van der Waals surface area (Å²) >= 11 is 7.27. The highest BCUT2D eigenvalue weighted by atomic mass is 35.5. The van der Waals surface area contributed by atoms with E-state index >= 15 is 0 Å². The molecule has 1 aliphatic heterocycles. The highest BCUT2D eigenvalue weighted by Gasteiger charge is 2.26. The topological polar surface area (TPSA) is 45.7 Å². The Kier molecular flexibility index (Phi) is 4.09. The number of anilines is 1. The summed E-state index contributed by atoms with van der Waals surface area (Å²) in [7, 11) is 3.44. The standard InChI is InChI=1S/C11H16ClN3O2S/c1-7-6-14(2)4-5-15(7)11-13-9(12)8(18-11)10(16)17-3/h7H,4-6H2,1-3H3. The van der Waals surface area contributed by atoms with Crippen LogP contribution in [0.25, 0.3) is 0 Å². The van der Waals surface area contributed by atoms with Crippen LogP contribution in [0.5, 0.6) is 0 Å². The minimum Gasteiger partial charge on any atom is -0.465 e. The first-order valence-corrected chi connectivity index (χ1v) is 6.92. The number of esters is 1. The van der Waals surface area contributed by atoms with Crippen LogP contribution >= 0.6 is 22.9 Å². The Bertz CT molecular complexity index is 451. The van der Waals surface area contributed by atoms with Gasteiger partial charge < -0.3 is 14.5 Å². The molecule has 2 rings (SSSR count). The zero-order valence-electron chi connectivity index (χ0n) is 10.6. The molecule has 0 saturated carbocycles. The van der Waals surface area contributed by atoms with Gasteiger partial charge in [0.2, 0.25) is 0 Å². The van der Waals surface area contributed by atoms with Crippen molar-refractivity contribution in [2.75, 3.05) is 38.7 Å². The third-order valence-electron chi connectivity index (χ3n) is 3.02. The normalized spacial score (nSPS) is 21.1. The van der Waals surface area contributed by atoms with Gasteiger partial charge in [0.25, 0.3) is 0 Å². The smallest absolute Gasteiger partial charge is 0.351 e. The molecule has 0 aromatic carbocycles. The molecule has 0 aliphatic carbocycles. The van der Waals surface area contributed by atoms with Crippen molar-refractivity contribution in [1.82, 2.24) is 9.88 Å². The number of carbonyl (C=O) groups excluding carboxylic acids is 1. The third-order valence-corrected chi connectivity index (χ3v) is 4.48. The molecule has 100 valence electrons. The molecule has 5 nitrogen and oxygen atoms in total. The summed E-state index contributed by atoms with van der Waals surface area (Å²) in [5, 5.41) is 1.02. The van der Waals surface area contributed by atoms with Crippen LogP contribution in [0.4, 0.5) is 5.13 Å². The molecular weight excluding hydrogens is 274 g/mol. The van der Waals surface area contributed by atoms with E-state index < -0.39 is 5.97 Å². The van der Waals surface area contributed by atoms with E-state index in [-0.39, 0.29) is 5.15 Å². The van der Waals surface area contributed by atoms with E-state index in [1.165, 1.54) is 18.4 Å². The maximum absolute atomic E-state index is 11.5. The number of hydrogen-bond donors (Lipinski definition) is 0. The van der Waals surface area contributed by atoms with Crippen LogP contribution in [-0.2, 0) is 4.74 Å². The molecule has 0 amide bonds. The number of carbonyl (C=O) groups is 1. The van der Waals surface area contributed by atoms with Gasteiger partial charge >= 0.3 is 5.97 Å². The lowest BCUT2D eigenvalue weighted by atomic mass is 10.2. The second-order valence-electron chi connectivity index (χ2n) is 4.41. The van der Waals surface area contributed by atoms with E-state index in [2.05, 4.69) is 33.5 Å². The molecule has 1 saturated heterocycles. The highest BCUT2D eigenvalue weighted by molar-refractivity contribution is 7.18. The fourth-order valence-corrected chi connectivity index (χ4v) is 3.38. The first-order chi connectivity index (χ1) is 8.52. The number of piperazine rings is 1. The molecule has 0 spiro atoms. The van der Waals surface area contributed by atoms with Gasteiger partial charge in [-0.2, -0.15) is 0 Å². The molecule has 0 radical (unpaired) electrons. The molecule has 1 fully saturated rings. The van der Waals surface area contributed by atoms with Crippen LogP contribution in [0.2, 0.25) is 5.15 Å². The lowest BCUT2D eigenvalue weighted by Gasteiger charge is -2.37. The highest BCUT2D eigenvalue weighted by Crippen LogP contribution is 2.32. The summed E-state index contributed by atoms with van der Waals surface area (Å²) in [4.78, 5) is 20.6. The van der Waals surface area contributed by atoms with Gasteiger partial charge in [0.1, 0.15) is 0 Å². The van der Waals surface area contributed by atoms with Crippen molar-refractivity contribution >= 4 is 34.0 Å². The average molecular weight is 290 g/mol. The summed E-state index contributed by atoms with van der Waals surface area (Å²) < 4.78 is 4.68. The van der Waals surface area contributed by atoms with Crippen molar-refractivity contribution in [3.05, 3.63) is 10.0 Å². The van der Waals surface area contributed by atoms with Gasteiger partial charge in [0.15, 0.2) is 15.2 Å². The molecular formula is C11H16ClN3O2S. The second kappa shape index (κ2) is 5.42. The van der Waals surface area contributed by atoms with Crippen LogP contribution in [0.1, 0.15) is 16.6 Å². The number of ether oxygens (including phenoxy) is 1. The molecule has 2 heterocycles. The Hall–Kier alpha value is -0.850. The summed E-state index contributed by atoms with van der Waals surface area (Å²) in [6.45, 7) is 4.99. The maximum atomic E-state index is 11.5. The van der Waals surface area contributed by atoms with Gasteiger partial charge in [-0.05, 0) is 14.0 Å². The van der Waals surface area contributed by atoms with E-state index in [0.29, 0.717) is 10.9 Å². The quantitative estimate of drug-likeness (QED) is 0.776. The Morgan fingerprint density at radius 3 is 2.89 bits per heavy atom. The van der Waals surface area contributed by atoms with Crippen molar-refractivity contribution in [3.63, 3.8) is 0 Å². The lowest BCUT2D eigenvalue weighted by molar-refractivity contribution is 0.0606. The van der Waals surface area contributed by atoms with Crippen molar-refractivity contribution in [3.8, 4) is 0 Å². The Morgan fingerprint density at radius 1 is 1.56 bits per heavy atom. The van der Waals surface area contributed by atoms with Crippen molar-refractivity contribution in [2.45, 2.75) is 13.0 Å². The fourth-order valence-electron chi connectivity index (χ4n) is 2.06. The van der Waals surface area contributed by atoms with Gasteiger partial charge in [-0.15, -0.1) is 0 Å².